The molecular weight excluding hydrogens is 436 g/mol. The fourth-order valence-corrected chi connectivity index (χ4v) is 4.83. The summed E-state index contributed by atoms with van der Waals surface area (Å²) in [5, 5.41) is 4.44. The molecule has 2 aromatic carbocycles. The van der Waals surface area contributed by atoms with Crippen LogP contribution >= 0.6 is 0 Å². The van der Waals surface area contributed by atoms with Crippen molar-refractivity contribution in [2.45, 2.75) is 17.7 Å². The number of hydrogen-bond donors (Lipinski definition) is 0. The van der Waals surface area contributed by atoms with Crippen molar-refractivity contribution >= 4 is 15.5 Å². The summed E-state index contributed by atoms with van der Waals surface area (Å²) >= 11 is 0. The summed E-state index contributed by atoms with van der Waals surface area (Å²) in [6, 6.07) is 14.9. The van der Waals surface area contributed by atoms with Crippen LogP contribution in [0.25, 0.3) is 27.9 Å². The number of nitrogens with zero attached hydrogens (tertiary/aromatic N) is 4. The molecular formula is C25H26N4O3S. The van der Waals surface area contributed by atoms with Gasteiger partial charge < -0.3 is 4.74 Å². The Kier molecular flexibility index (Phi) is 5.86. The van der Waals surface area contributed by atoms with Crippen LogP contribution in [-0.2, 0) is 9.84 Å². The van der Waals surface area contributed by atoms with Gasteiger partial charge in [-0.05, 0) is 61.3 Å². The molecule has 0 aliphatic carbocycles. The number of rotatable bonds is 7. The van der Waals surface area contributed by atoms with Crippen LogP contribution in [-0.4, -0.2) is 60.4 Å². The Bertz CT molecular complexity index is 1370. The van der Waals surface area contributed by atoms with E-state index >= 15 is 0 Å². The highest BCUT2D eigenvalue weighted by Crippen LogP contribution is 2.28. The molecule has 1 aliphatic rings. The molecule has 0 N–H and O–H groups in total. The molecule has 0 bridgehead atoms. The average Bonchev–Trinajstić information content (AvgIpc) is 3.49. The monoisotopic (exact) mass is 462 g/mol. The average molecular weight is 463 g/mol. The lowest BCUT2D eigenvalue weighted by Gasteiger charge is -2.15. The van der Waals surface area contributed by atoms with Crippen molar-refractivity contribution in [2.24, 2.45) is 0 Å². The third kappa shape index (κ3) is 4.77. The summed E-state index contributed by atoms with van der Waals surface area (Å²) in [5.41, 5.74) is 4.18. The Hall–Kier alpha value is -3.23. The fraction of sp³-hybridized carbons (Fsp3) is 0.280. The van der Waals surface area contributed by atoms with Crippen molar-refractivity contribution in [2.75, 3.05) is 32.5 Å². The summed E-state index contributed by atoms with van der Waals surface area (Å²) in [5.74, 6) is 0.860. The minimum absolute atomic E-state index is 0.277. The number of benzene rings is 2. The number of aromatic nitrogens is 3. The number of sulfone groups is 1. The van der Waals surface area contributed by atoms with E-state index in [-0.39, 0.29) is 4.90 Å². The van der Waals surface area contributed by atoms with Gasteiger partial charge in [0.1, 0.15) is 12.4 Å². The van der Waals surface area contributed by atoms with Crippen molar-refractivity contribution in [3.05, 3.63) is 67.1 Å². The Morgan fingerprint density at radius 3 is 2.52 bits per heavy atom. The van der Waals surface area contributed by atoms with Gasteiger partial charge in [-0.15, -0.1) is 0 Å². The third-order valence-corrected chi connectivity index (χ3v) is 7.10. The normalized spacial score (nSPS) is 14.7. The van der Waals surface area contributed by atoms with Gasteiger partial charge in [0, 0.05) is 36.3 Å². The standard InChI is InChI=1S/C25H26N4O3S/c1-33(30,31)23-6-4-5-20(15-23)24-17-27-29-18-21(16-26-25(24)29)19-7-9-22(10-8-19)32-14-13-28-11-2-3-12-28/h4-10,15-18H,2-3,11-14H2,1H3. The van der Waals surface area contributed by atoms with E-state index in [4.69, 9.17) is 4.74 Å². The van der Waals surface area contributed by atoms with E-state index in [0.717, 1.165) is 34.5 Å². The van der Waals surface area contributed by atoms with E-state index in [2.05, 4.69) is 15.0 Å². The van der Waals surface area contributed by atoms with Gasteiger partial charge in [0.25, 0.3) is 0 Å². The highest BCUT2D eigenvalue weighted by molar-refractivity contribution is 7.90. The maximum absolute atomic E-state index is 11.9. The minimum Gasteiger partial charge on any atom is -0.492 e. The van der Waals surface area contributed by atoms with Crippen LogP contribution in [0.15, 0.2) is 72.0 Å². The zero-order chi connectivity index (χ0) is 22.8. The van der Waals surface area contributed by atoms with Crippen LogP contribution in [0.5, 0.6) is 5.75 Å². The van der Waals surface area contributed by atoms with Gasteiger partial charge in [-0.25, -0.2) is 17.9 Å². The molecule has 0 amide bonds. The van der Waals surface area contributed by atoms with E-state index in [1.807, 2.05) is 42.7 Å². The molecule has 2 aromatic heterocycles. The van der Waals surface area contributed by atoms with Gasteiger partial charge in [0.05, 0.1) is 11.1 Å². The summed E-state index contributed by atoms with van der Waals surface area (Å²) in [6.45, 7) is 4.02. The molecule has 0 unspecified atom stereocenters. The molecule has 5 rings (SSSR count). The van der Waals surface area contributed by atoms with E-state index < -0.39 is 9.84 Å². The van der Waals surface area contributed by atoms with Gasteiger partial charge in [0.2, 0.25) is 0 Å². The summed E-state index contributed by atoms with van der Waals surface area (Å²) in [7, 11) is -3.29. The molecule has 8 heteroatoms. The second kappa shape index (κ2) is 8.96. The van der Waals surface area contributed by atoms with Gasteiger partial charge in [-0.1, -0.05) is 24.3 Å². The molecule has 7 nitrogen and oxygen atoms in total. The first kappa shape index (κ1) is 21.6. The minimum atomic E-state index is -3.29. The van der Waals surface area contributed by atoms with Crippen molar-refractivity contribution < 1.29 is 13.2 Å². The molecule has 4 aromatic rings. The van der Waals surface area contributed by atoms with Crippen LogP contribution in [0.3, 0.4) is 0 Å². The zero-order valence-electron chi connectivity index (χ0n) is 18.5. The zero-order valence-corrected chi connectivity index (χ0v) is 19.3. The maximum Gasteiger partial charge on any atom is 0.175 e. The van der Waals surface area contributed by atoms with Crippen LogP contribution in [0.1, 0.15) is 12.8 Å². The second-order valence-corrected chi connectivity index (χ2v) is 10.4. The van der Waals surface area contributed by atoms with Crippen LogP contribution in [0.4, 0.5) is 0 Å². The van der Waals surface area contributed by atoms with Gasteiger partial charge in [0.15, 0.2) is 15.5 Å². The first-order valence-electron chi connectivity index (χ1n) is 11.1. The van der Waals surface area contributed by atoms with Crippen molar-refractivity contribution in [3.63, 3.8) is 0 Å². The van der Waals surface area contributed by atoms with Crippen molar-refractivity contribution in [1.82, 2.24) is 19.5 Å². The molecule has 170 valence electrons. The molecule has 0 saturated carbocycles. The maximum atomic E-state index is 11.9. The van der Waals surface area contributed by atoms with Gasteiger partial charge in [-0.2, -0.15) is 5.10 Å². The Morgan fingerprint density at radius 2 is 1.76 bits per heavy atom. The summed E-state index contributed by atoms with van der Waals surface area (Å²) in [6.07, 6.45) is 9.23. The predicted molar refractivity (Wildman–Crippen MR) is 128 cm³/mol. The summed E-state index contributed by atoms with van der Waals surface area (Å²) < 4.78 is 31.4. The highest BCUT2D eigenvalue weighted by Gasteiger charge is 2.13. The number of fused-ring (bicyclic) bond motifs is 1. The summed E-state index contributed by atoms with van der Waals surface area (Å²) in [4.78, 5) is 7.33. The van der Waals surface area contributed by atoms with E-state index in [1.165, 1.54) is 32.2 Å². The smallest absolute Gasteiger partial charge is 0.175 e. The second-order valence-electron chi connectivity index (χ2n) is 8.39. The molecule has 3 heterocycles. The van der Waals surface area contributed by atoms with Gasteiger partial charge >= 0.3 is 0 Å². The first-order chi connectivity index (χ1) is 16.0. The number of hydrogen-bond acceptors (Lipinski definition) is 6. The molecule has 1 saturated heterocycles. The Labute approximate surface area is 193 Å². The number of likely N-dealkylation sites (tertiary alicyclic amines) is 1. The molecule has 1 fully saturated rings. The van der Waals surface area contributed by atoms with E-state index in [0.29, 0.717) is 12.3 Å². The molecule has 0 atom stereocenters. The SMILES string of the molecule is CS(=O)(=O)c1cccc(-c2cnn3cc(-c4ccc(OCCN5CCCC5)cc4)cnc23)c1. The van der Waals surface area contributed by atoms with Crippen molar-refractivity contribution in [1.29, 1.82) is 0 Å². The predicted octanol–water partition coefficient (Wildman–Crippen LogP) is 3.94. The van der Waals surface area contributed by atoms with Gasteiger partial charge in [-0.3, -0.25) is 4.90 Å². The molecule has 33 heavy (non-hydrogen) atoms. The Balaban J connectivity index is 1.33. The lowest BCUT2D eigenvalue weighted by atomic mass is 10.1. The van der Waals surface area contributed by atoms with Crippen molar-refractivity contribution in [3.8, 4) is 28.0 Å². The first-order valence-corrected chi connectivity index (χ1v) is 13.0. The number of ether oxygens (including phenoxy) is 1. The van der Waals surface area contributed by atoms with E-state index in [9.17, 15) is 8.42 Å². The highest BCUT2D eigenvalue weighted by atomic mass is 32.2. The van der Waals surface area contributed by atoms with E-state index in [1.54, 1.807) is 28.9 Å². The molecule has 1 aliphatic heterocycles. The molecule has 0 spiro atoms. The fourth-order valence-electron chi connectivity index (χ4n) is 4.16. The largest absolute Gasteiger partial charge is 0.492 e. The topological polar surface area (TPSA) is 76.8 Å². The lowest BCUT2D eigenvalue weighted by molar-refractivity contribution is 0.238. The van der Waals surface area contributed by atoms with Crippen LogP contribution < -0.4 is 4.74 Å². The Morgan fingerprint density at radius 1 is 0.970 bits per heavy atom. The third-order valence-electron chi connectivity index (χ3n) is 5.99. The molecule has 0 radical (unpaired) electrons. The van der Waals surface area contributed by atoms with Crippen LogP contribution in [0, 0.1) is 0 Å². The lowest BCUT2D eigenvalue weighted by Crippen LogP contribution is -2.25. The quantitative estimate of drug-likeness (QED) is 0.414. The van der Waals surface area contributed by atoms with Crippen LogP contribution in [0.2, 0.25) is 0 Å².